The van der Waals surface area contributed by atoms with Gasteiger partial charge >= 0.3 is 0 Å². The average molecular weight is 303 g/mol. The van der Waals surface area contributed by atoms with Crippen LogP contribution in [0, 0.1) is 5.92 Å². The lowest BCUT2D eigenvalue weighted by Gasteiger charge is -2.29. The summed E-state index contributed by atoms with van der Waals surface area (Å²) in [5.74, 6) is 0.557. The zero-order chi connectivity index (χ0) is 13.7. The first-order valence-electron chi connectivity index (χ1n) is 6.80. The predicted octanol–water partition coefficient (Wildman–Crippen LogP) is 3.32. The molecular formula is C13H20Cl2N4. The van der Waals surface area contributed by atoms with Gasteiger partial charge in [-0.3, -0.25) is 0 Å². The number of nitrogens with zero attached hydrogens (tertiary/aromatic N) is 3. The number of aromatic nitrogens is 2. The molecule has 1 saturated heterocycles. The highest BCUT2D eigenvalue weighted by atomic mass is 35.5. The number of hydrogen-bond acceptors (Lipinski definition) is 4. The molecule has 0 aliphatic carbocycles. The first-order chi connectivity index (χ1) is 9.15. The highest BCUT2D eigenvalue weighted by Crippen LogP contribution is 2.21. The van der Waals surface area contributed by atoms with Crippen LogP contribution in [0.2, 0.25) is 10.3 Å². The van der Waals surface area contributed by atoms with Crippen molar-refractivity contribution in [2.75, 3.05) is 31.5 Å². The Morgan fingerprint density at radius 3 is 2.74 bits per heavy atom. The van der Waals surface area contributed by atoms with Crippen molar-refractivity contribution < 1.29 is 0 Å². The molecule has 6 heteroatoms. The number of likely N-dealkylation sites (tertiary alicyclic amines) is 1. The van der Waals surface area contributed by atoms with Gasteiger partial charge in [-0.15, -0.1) is 10.2 Å². The van der Waals surface area contributed by atoms with Crippen LogP contribution in [0.1, 0.15) is 26.2 Å². The van der Waals surface area contributed by atoms with Crippen LogP contribution in [-0.2, 0) is 0 Å². The molecule has 2 heterocycles. The Morgan fingerprint density at radius 2 is 2.00 bits per heavy atom. The normalized spacial score (nSPS) is 18.3. The van der Waals surface area contributed by atoms with Gasteiger partial charge in [-0.2, -0.15) is 0 Å². The Labute approximate surface area is 124 Å². The molecule has 4 nitrogen and oxygen atoms in total. The average Bonchev–Trinajstić information content (AvgIpc) is 2.41. The molecule has 1 atom stereocenters. The van der Waals surface area contributed by atoms with Crippen LogP contribution in [0.4, 0.5) is 5.69 Å². The Balaban J connectivity index is 1.79. The summed E-state index contributed by atoms with van der Waals surface area (Å²) in [6, 6.07) is 1.71. The number of nitrogens with one attached hydrogen (secondary N) is 1. The van der Waals surface area contributed by atoms with Gasteiger partial charge in [-0.25, -0.2) is 0 Å². The largest absolute Gasteiger partial charge is 0.382 e. The lowest BCUT2D eigenvalue weighted by Crippen LogP contribution is -2.35. The Hall–Kier alpha value is -0.580. The molecule has 0 spiro atoms. The molecule has 106 valence electrons. The van der Waals surface area contributed by atoms with Crippen LogP contribution < -0.4 is 5.32 Å². The summed E-state index contributed by atoms with van der Waals surface area (Å²) in [5, 5.41) is 11.5. The zero-order valence-corrected chi connectivity index (χ0v) is 12.7. The fourth-order valence-corrected chi connectivity index (χ4v) is 2.71. The van der Waals surface area contributed by atoms with Gasteiger partial charge in [0, 0.05) is 19.2 Å². The number of rotatable bonds is 5. The minimum atomic E-state index is 0.357. The molecule has 1 aromatic rings. The number of piperidine rings is 1. The Bertz CT molecular complexity index is 408. The summed E-state index contributed by atoms with van der Waals surface area (Å²) in [6.07, 6.45) is 4.03. The molecule has 0 radical (unpaired) electrons. The second-order valence-electron chi connectivity index (χ2n) is 5.22. The second-order valence-corrected chi connectivity index (χ2v) is 5.96. The van der Waals surface area contributed by atoms with Crippen molar-refractivity contribution in [2.45, 2.75) is 26.2 Å². The molecule has 19 heavy (non-hydrogen) atoms. The van der Waals surface area contributed by atoms with E-state index in [9.17, 15) is 0 Å². The lowest BCUT2D eigenvalue weighted by molar-refractivity contribution is 0.204. The Kier molecular flexibility index (Phi) is 5.67. The van der Waals surface area contributed by atoms with Crippen LogP contribution in [0.15, 0.2) is 6.07 Å². The molecule has 0 saturated carbocycles. The maximum absolute atomic E-state index is 5.97. The zero-order valence-electron chi connectivity index (χ0n) is 11.2. The number of anilines is 1. The first kappa shape index (κ1) is 14.8. The molecule has 1 unspecified atom stereocenters. The summed E-state index contributed by atoms with van der Waals surface area (Å²) < 4.78 is 0. The highest BCUT2D eigenvalue weighted by molar-refractivity contribution is 6.33. The first-order valence-corrected chi connectivity index (χ1v) is 7.55. The van der Waals surface area contributed by atoms with Gasteiger partial charge in [0.1, 0.15) is 0 Å². The Morgan fingerprint density at radius 1 is 1.26 bits per heavy atom. The molecule has 2 rings (SSSR count). The van der Waals surface area contributed by atoms with Crippen molar-refractivity contribution in [2.24, 2.45) is 5.92 Å². The summed E-state index contributed by atoms with van der Waals surface area (Å²) in [7, 11) is 0. The van der Waals surface area contributed by atoms with Crippen LogP contribution in [0.3, 0.4) is 0 Å². The lowest BCUT2D eigenvalue weighted by atomic mass is 10.1. The van der Waals surface area contributed by atoms with Gasteiger partial charge in [0.25, 0.3) is 0 Å². The highest BCUT2D eigenvalue weighted by Gasteiger charge is 2.13. The van der Waals surface area contributed by atoms with E-state index in [1.165, 1.54) is 32.4 Å². The summed E-state index contributed by atoms with van der Waals surface area (Å²) in [4.78, 5) is 2.54. The molecule has 1 aromatic heterocycles. The smallest absolute Gasteiger partial charge is 0.174 e. The van der Waals surface area contributed by atoms with Crippen molar-refractivity contribution in [3.05, 3.63) is 16.4 Å². The molecule has 1 N–H and O–H groups in total. The SMILES string of the molecule is CC(CNc1cc(Cl)nnc1Cl)CN1CCCCC1. The summed E-state index contributed by atoms with van der Waals surface area (Å²) >= 11 is 11.8. The van der Waals surface area contributed by atoms with E-state index in [1.54, 1.807) is 6.07 Å². The molecule has 1 aliphatic heterocycles. The van der Waals surface area contributed by atoms with Crippen molar-refractivity contribution >= 4 is 28.9 Å². The van der Waals surface area contributed by atoms with Gasteiger partial charge in [-0.1, -0.05) is 36.5 Å². The maximum atomic E-state index is 5.97. The van der Waals surface area contributed by atoms with Crippen LogP contribution in [0.5, 0.6) is 0 Å². The molecule has 1 fully saturated rings. The van der Waals surface area contributed by atoms with E-state index in [1.807, 2.05) is 0 Å². The molecular weight excluding hydrogens is 283 g/mol. The second kappa shape index (κ2) is 7.27. The van der Waals surface area contributed by atoms with Crippen LogP contribution in [0.25, 0.3) is 0 Å². The van der Waals surface area contributed by atoms with E-state index in [0.717, 1.165) is 18.8 Å². The molecule has 0 bridgehead atoms. The number of halogens is 2. The van der Waals surface area contributed by atoms with E-state index in [-0.39, 0.29) is 0 Å². The third-order valence-electron chi connectivity index (χ3n) is 3.38. The van der Waals surface area contributed by atoms with Gasteiger partial charge in [-0.05, 0) is 31.8 Å². The van der Waals surface area contributed by atoms with E-state index in [4.69, 9.17) is 23.2 Å². The number of hydrogen-bond donors (Lipinski definition) is 1. The maximum Gasteiger partial charge on any atom is 0.174 e. The fraction of sp³-hybridized carbons (Fsp3) is 0.692. The van der Waals surface area contributed by atoms with Crippen LogP contribution >= 0.6 is 23.2 Å². The third-order valence-corrected chi connectivity index (χ3v) is 3.84. The van der Waals surface area contributed by atoms with Gasteiger partial charge in [0.2, 0.25) is 0 Å². The van der Waals surface area contributed by atoms with E-state index in [2.05, 4.69) is 27.3 Å². The van der Waals surface area contributed by atoms with Gasteiger partial charge in [0.05, 0.1) is 5.69 Å². The van der Waals surface area contributed by atoms with E-state index < -0.39 is 0 Å². The third kappa shape index (κ3) is 4.79. The standard InChI is InChI=1S/C13H20Cl2N4/c1-10(9-19-5-3-2-4-6-19)8-16-11-7-12(14)17-18-13(11)15/h7,10H,2-6,8-9H2,1H3,(H,16,17). The predicted molar refractivity (Wildman–Crippen MR) is 80.0 cm³/mol. The molecule has 0 amide bonds. The van der Waals surface area contributed by atoms with Crippen LogP contribution in [-0.4, -0.2) is 41.3 Å². The summed E-state index contributed by atoms with van der Waals surface area (Å²) in [6.45, 7) is 6.68. The van der Waals surface area contributed by atoms with E-state index >= 15 is 0 Å². The van der Waals surface area contributed by atoms with E-state index in [0.29, 0.717) is 16.2 Å². The minimum absolute atomic E-state index is 0.357. The molecule has 1 aliphatic rings. The van der Waals surface area contributed by atoms with Crippen molar-refractivity contribution in [1.29, 1.82) is 0 Å². The quantitative estimate of drug-likeness (QED) is 0.906. The topological polar surface area (TPSA) is 41.1 Å². The van der Waals surface area contributed by atoms with Crippen molar-refractivity contribution in [3.8, 4) is 0 Å². The van der Waals surface area contributed by atoms with Gasteiger partial charge in [0.15, 0.2) is 10.3 Å². The monoisotopic (exact) mass is 302 g/mol. The minimum Gasteiger partial charge on any atom is -0.382 e. The van der Waals surface area contributed by atoms with Crippen molar-refractivity contribution in [1.82, 2.24) is 15.1 Å². The van der Waals surface area contributed by atoms with Gasteiger partial charge < -0.3 is 10.2 Å². The van der Waals surface area contributed by atoms with Crippen molar-refractivity contribution in [3.63, 3.8) is 0 Å². The fourth-order valence-electron chi connectivity index (χ4n) is 2.41. The molecule has 0 aromatic carbocycles. The summed E-state index contributed by atoms with van der Waals surface area (Å²) in [5.41, 5.74) is 0.757.